The molecule has 0 radical (unpaired) electrons. The van der Waals surface area contributed by atoms with E-state index in [2.05, 4.69) is 22.3 Å². The third-order valence-electron chi connectivity index (χ3n) is 4.12. The second kappa shape index (κ2) is 7.97. The summed E-state index contributed by atoms with van der Waals surface area (Å²) >= 11 is 0. The Morgan fingerprint density at radius 1 is 1.13 bits per heavy atom. The highest BCUT2D eigenvalue weighted by atomic mass is 16.4. The summed E-state index contributed by atoms with van der Waals surface area (Å²) in [5.74, 6) is -1.13. The SMILES string of the molecule is CC(C)C(NC(=O)N1CCN(Cc2ccccc2)CC1)C(=O)O. The number of benzene rings is 1. The summed E-state index contributed by atoms with van der Waals surface area (Å²) in [5, 5.41) is 11.8. The summed E-state index contributed by atoms with van der Waals surface area (Å²) in [6, 6.07) is 9.11. The Bertz CT molecular complexity index is 525. The maximum Gasteiger partial charge on any atom is 0.326 e. The summed E-state index contributed by atoms with van der Waals surface area (Å²) < 4.78 is 0. The van der Waals surface area contributed by atoms with E-state index in [4.69, 9.17) is 5.11 Å². The van der Waals surface area contributed by atoms with Crippen LogP contribution in [0.1, 0.15) is 19.4 Å². The highest BCUT2D eigenvalue weighted by Gasteiger charge is 2.27. The van der Waals surface area contributed by atoms with Gasteiger partial charge in [-0.05, 0) is 11.5 Å². The van der Waals surface area contributed by atoms with Gasteiger partial charge in [-0.1, -0.05) is 44.2 Å². The molecule has 1 aliphatic rings. The smallest absolute Gasteiger partial charge is 0.326 e. The van der Waals surface area contributed by atoms with Crippen molar-refractivity contribution in [2.45, 2.75) is 26.4 Å². The number of urea groups is 1. The molecule has 0 aliphatic carbocycles. The number of carboxylic acid groups (broad SMARTS) is 1. The molecule has 1 aromatic carbocycles. The van der Waals surface area contributed by atoms with E-state index in [1.165, 1.54) is 5.56 Å². The zero-order valence-corrected chi connectivity index (χ0v) is 13.7. The molecule has 1 atom stereocenters. The molecule has 0 aromatic heterocycles. The molecule has 6 nitrogen and oxygen atoms in total. The predicted octanol–water partition coefficient (Wildman–Crippen LogP) is 1.62. The quantitative estimate of drug-likeness (QED) is 0.865. The number of carboxylic acids is 1. The van der Waals surface area contributed by atoms with E-state index in [1.54, 1.807) is 18.7 Å². The topological polar surface area (TPSA) is 72.9 Å². The van der Waals surface area contributed by atoms with Crippen molar-refractivity contribution >= 4 is 12.0 Å². The van der Waals surface area contributed by atoms with Crippen LogP contribution in [0.25, 0.3) is 0 Å². The first kappa shape index (κ1) is 17.3. The third kappa shape index (κ3) is 4.96. The number of carbonyl (C=O) groups excluding carboxylic acids is 1. The monoisotopic (exact) mass is 319 g/mol. The van der Waals surface area contributed by atoms with Crippen molar-refractivity contribution in [3.05, 3.63) is 35.9 Å². The Morgan fingerprint density at radius 2 is 1.74 bits per heavy atom. The molecule has 0 bridgehead atoms. The maximum atomic E-state index is 12.2. The molecule has 2 amide bonds. The Hall–Kier alpha value is -2.08. The van der Waals surface area contributed by atoms with E-state index in [1.807, 2.05) is 18.2 Å². The Kier molecular flexibility index (Phi) is 5.98. The van der Waals surface area contributed by atoms with E-state index in [0.29, 0.717) is 13.1 Å². The van der Waals surface area contributed by atoms with E-state index < -0.39 is 12.0 Å². The predicted molar refractivity (Wildman–Crippen MR) is 88.1 cm³/mol. The van der Waals surface area contributed by atoms with Crippen LogP contribution in [0.15, 0.2) is 30.3 Å². The summed E-state index contributed by atoms with van der Waals surface area (Å²) in [5.41, 5.74) is 1.26. The number of rotatable bonds is 5. The van der Waals surface area contributed by atoms with Crippen LogP contribution in [-0.2, 0) is 11.3 Å². The minimum absolute atomic E-state index is 0.143. The van der Waals surface area contributed by atoms with Crippen LogP contribution in [0, 0.1) is 5.92 Å². The Balaban J connectivity index is 1.81. The van der Waals surface area contributed by atoms with Gasteiger partial charge in [0.2, 0.25) is 0 Å². The highest BCUT2D eigenvalue weighted by Crippen LogP contribution is 2.09. The first-order valence-corrected chi connectivity index (χ1v) is 8.02. The molecule has 1 unspecified atom stereocenters. The Labute approximate surface area is 137 Å². The molecular formula is C17H25N3O3. The number of nitrogens with zero attached hydrogens (tertiary/aromatic N) is 2. The van der Waals surface area contributed by atoms with Crippen molar-refractivity contribution in [3.8, 4) is 0 Å². The molecule has 1 fully saturated rings. The van der Waals surface area contributed by atoms with Gasteiger partial charge in [-0.15, -0.1) is 0 Å². The summed E-state index contributed by atoms with van der Waals surface area (Å²) in [4.78, 5) is 27.4. The van der Waals surface area contributed by atoms with Gasteiger partial charge in [0, 0.05) is 32.7 Å². The van der Waals surface area contributed by atoms with E-state index in [0.717, 1.165) is 19.6 Å². The van der Waals surface area contributed by atoms with Gasteiger partial charge in [-0.25, -0.2) is 9.59 Å². The fourth-order valence-corrected chi connectivity index (χ4v) is 2.69. The number of hydrogen-bond acceptors (Lipinski definition) is 3. The molecule has 23 heavy (non-hydrogen) atoms. The van der Waals surface area contributed by atoms with Crippen LogP contribution in [0.4, 0.5) is 4.79 Å². The summed E-state index contributed by atoms with van der Waals surface area (Å²) in [6.45, 7) is 7.27. The lowest BCUT2D eigenvalue weighted by Crippen LogP contribution is -2.55. The number of hydrogen-bond donors (Lipinski definition) is 2. The first-order chi connectivity index (χ1) is 11.0. The molecule has 0 saturated carbocycles. The molecule has 1 aromatic rings. The summed E-state index contributed by atoms with van der Waals surface area (Å²) in [7, 11) is 0. The molecule has 1 saturated heterocycles. The van der Waals surface area contributed by atoms with Crippen LogP contribution in [-0.4, -0.2) is 59.1 Å². The van der Waals surface area contributed by atoms with Gasteiger partial charge >= 0.3 is 12.0 Å². The molecule has 0 spiro atoms. The normalized spacial score (nSPS) is 17.1. The zero-order chi connectivity index (χ0) is 16.8. The van der Waals surface area contributed by atoms with Gasteiger partial charge in [0.25, 0.3) is 0 Å². The van der Waals surface area contributed by atoms with Gasteiger partial charge in [0.1, 0.15) is 6.04 Å². The molecule has 2 rings (SSSR count). The van der Waals surface area contributed by atoms with Crippen LogP contribution in [0.3, 0.4) is 0 Å². The van der Waals surface area contributed by atoms with Crippen molar-refractivity contribution in [1.82, 2.24) is 15.1 Å². The van der Waals surface area contributed by atoms with Gasteiger partial charge in [-0.2, -0.15) is 0 Å². The number of nitrogens with one attached hydrogen (secondary N) is 1. The lowest BCUT2D eigenvalue weighted by Gasteiger charge is -2.35. The molecular weight excluding hydrogens is 294 g/mol. The van der Waals surface area contributed by atoms with E-state index >= 15 is 0 Å². The van der Waals surface area contributed by atoms with Crippen LogP contribution >= 0.6 is 0 Å². The van der Waals surface area contributed by atoms with Crippen LogP contribution < -0.4 is 5.32 Å². The van der Waals surface area contributed by atoms with Crippen molar-refractivity contribution < 1.29 is 14.7 Å². The van der Waals surface area contributed by atoms with Gasteiger partial charge in [0.15, 0.2) is 0 Å². The Morgan fingerprint density at radius 3 is 2.26 bits per heavy atom. The average Bonchev–Trinajstić information content (AvgIpc) is 2.53. The van der Waals surface area contributed by atoms with Gasteiger partial charge < -0.3 is 15.3 Å². The van der Waals surface area contributed by atoms with Crippen LogP contribution in [0.5, 0.6) is 0 Å². The number of amides is 2. The summed E-state index contributed by atoms with van der Waals surface area (Å²) in [6.07, 6.45) is 0. The number of aliphatic carboxylic acids is 1. The molecule has 1 heterocycles. The minimum Gasteiger partial charge on any atom is -0.480 e. The standard InChI is InChI=1S/C17H25N3O3/c1-13(2)15(16(21)22)18-17(23)20-10-8-19(9-11-20)12-14-6-4-3-5-7-14/h3-7,13,15H,8-12H2,1-2H3,(H,18,23)(H,21,22). The first-order valence-electron chi connectivity index (χ1n) is 8.02. The number of piperazine rings is 1. The molecule has 2 N–H and O–H groups in total. The van der Waals surface area contributed by atoms with Crippen molar-refractivity contribution in [3.63, 3.8) is 0 Å². The molecule has 1 aliphatic heterocycles. The fourth-order valence-electron chi connectivity index (χ4n) is 2.69. The van der Waals surface area contributed by atoms with E-state index in [-0.39, 0.29) is 11.9 Å². The second-order valence-corrected chi connectivity index (χ2v) is 6.26. The lowest BCUT2D eigenvalue weighted by molar-refractivity contribution is -0.140. The van der Waals surface area contributed by atoms with E-state index in [9.17, 15) is 9.59 Å². The third-order valence-corrected chi connectivity index (χ3v) is 4.12. The molecule has 6 heteroatoms. The van der Waals surface area contributed by atoms with Crippen molar-refractivity contribution in [2.24, 2.45) is 5.92 Å². The van der Waals surface area contributed by atoms with Crippen molar-refractivity contribution in [2.75, 3.05) is 26.2 Å². The van der Waals surface area contributed by atoms with Gasteiger partial charge in [0.05, 0.1) is 0 Å². The zero-order valence-electron chi connectivity index (χ0n) is 13.7. The second-order valence-electron chi connectivity index (χ2n) is 6.26. The minimum atomic E-state index is -0.990. The lowest BCUT2D eigenvalue weighted by atomic mass is 10.1. The fraction of sp³-hybridized carbons (Fsp3) is 0.529. The van der Waals surface area contributed by atoms with Crippen LogP contribution in [0.2, 0.25) is 0 Å². The number of carbonyl (C=O) groups is 2. The van der Waals surface area contributed by atoms with Gasteiger partial charge in [-0.3, -0.25) is 4.90 Å². The average molecular weight is 319 g/mol. The largest absolute Gasteiger partial charge is 0.480 e. The molecule has 126 valence electrons. The van der Waals surface area contributed by atoms with Crippen molar-refractivity contribution in [1.29, 1.82) is 0 Å². The maximum absolute atomic E-state index is 12.2. The highest BCUT2D eigenvalue weighted by molar-refractivity contribution is 5.82.